The first-order valence-electron chi connectivity index (χ1n) is 5.30. The van der Waals surface area contributed by atoms with Crippen LogP contribution in [0.25, 0.3) is 0 Å². The Morgan fingerprint density at radius 2 is 2.24 bits per heavy atom. The van der Waals surface area contributed by atoms with Crippen molar-refractivity contribution in [1.29, 1.82) is 0 Å². The Kier molecular flexibility index (Phi) is 3.91. The van der Waals surface area contributed by atoms with Gasteiger partial charge >= 0.3 is 0 Å². The minimum atomic E-state index is -0.195. The Morgan fingerprint density at radius 3 is 2.94 bits per heavy atom. The van der Waals surface area contributed by atoms with E-state index in [0.717, 1.165) is 15.9 Å². The number of H-pyrrole nitrogens is 1. The van der Waals surface area contributed by atoms with Crippen LogP contribution in [-0.2, 0) is 13.1 Å². The van der Waals surface area contributed by atoms with Gasteiger partial charge in [-0.15, -0.1) is 0 Å². The molecular weight excluding hydrogens is 285 g/mol. The molecule has 0 spiro atoms. The van der Waals surface area contributed by atoms with Crippen LogP contribution in [0.2, 0.25) is 0 Å². The standard InChI is InChI=1S/C12H13BrFN3/c1-8-12(17-7-16-8)6-15-5-9-4-10(13)2-3-11(9)14/h2-4,7,15H,5-6H2,1H3,(H,16,17). The van der Waals surface area contributed by atoms with Crippen LogP contribution in [0.15, 0.2) is 29.0 Å². The third kappa shape index (κ3) is 3.14. The highest BCUT2D eigenvalue weighted by Crippen LogP contribution is 2.15. The molecule has 0 radical (unpaired) electrons. The summed E-state index contributed by atoms with van der Waals surface area (Å²) in [7, 11) is 0. The number of aromatic amines is 1. The molecule has 0 fully saturated rings. The second-order valence-corrected chi connectivity index (χ2v) is 4.73. The summed E-state index contributed by atoms with van der Waals surface area (Å²) in [5.74, 6) is -0.195. The van der Waals surface area contributed by atoms with Gasteiger partial charge in [0.2, 0.25) is 0 Å². The molecule has 0 aliphatic heterocycles. The fourth-order valence-electron chi connectivity index (χ4n) is 1.56. The maximum Gasteiger partial charge on any atom is 0.127 e. The second kappa shape index (κ2) is 5.42. The van der Waals surface area contributed by atoms with Crippen molar-refractivity contribution in [1.82, 2.24) is 15.3 Å². The molecule has 0 bridgehead atoms. The van der Waals surface area contributed by atoms with Gasteiger partial charge in [0, 0.05) is 28.8 Å². The van der Waals surface area contributed by atoms with E-state index in [4.69, 9.17) is 0 Å². The lowest BCUT2D eigenvalue weighted by Gasteiger charge is -2.05. The molecule has 0 aliphatic carbocycles. The maximum absolute atomic E-state index is 13.4. The summed E-state index contributed by atoms with van der Waals surface area (Å²) < 4.78 is 14.3. The van der Waals surface area contributed by atoms with Crippen molar-refractivity contribution in [3.8, 4) is 0 Å². The SMILES string of the molecule is Cc1[nH]cnc1CNCc1cc(Br)ccc1F. The Balaban J connectivity index is 1.94. The molecule has 0 saturated carbocycles. The number of aryl methyl sites for hydroxylation is 1. The zero-order valence-corrected chi connectivity index (χ0v) is 11.0. The van der Waals surface area contributed by atoms with Crippen LogP contribution in [0.5, 0.6) is 0 Å². The van der Waals surface area contributed by atoms with E-state index in [1.807, 2.05) is 6.92 Å². The van der Waals surface area contributed by atoms with Crippen molar-refractivity contribution in [2.75, 3.05) is 0 Å². The number of aromatic nitrogens is 2. The quantitative estimate of drug-likeness (QED) is 0.911. The smallest absolute Gasteiger partial charge is 0.127 e. The van der Waals surface area contributed by atoms with E-state index in [9.17, 15) is 4.39 Å². The minimum absolute atomic E-state index is 0.195. The lowest BCUT2D eigenvalue weighted by molar-refractivity contribution is 0.585. The molecule has 1 aromatic heterocycles. The van der Waals surface area contributed by atoms with Crippen LogP contribution in [0.4, 0.5) is 4.39 Å². The highest BCUT2D eigenvalue weighted by molar-refractivity contribution is 9.10. The number of imidazole rings is 1. The van der Waals surface area contributed by atoms with Crippen molar-refractivity contribution >= 4 is 15.9 Å². The van der Waals surface area contributed by atoms with Crippen LogP contribution < -0.4 is 5.32 Å². The first kappa shape index (κ1) is 12.3. The molecule has 0 unspecified atom stereocenters. The van der Waals surface area contributed by atoms with Gasteiger partial charge in [-0.25, -0.2) is 9.37 Å². The van der Waals surface area contributed by atoms with Crippen LogP contribution in [0, 0.1) is 12.7 Å². The molecule has 3 nitrogen and oxygen atoms in total. The molecule has 2 aromatic rings. The minimum Gasteiger partial charge on any atom is -0.348 e. The van der Waals surface area contributed by atoms with Crippen LogP contribution >= 0.6 is 15.9 Å². The van der Waals surface area contributed by atoms with E-state index in [1.165, 1.54) is 6.07 Å². The van der Waals surface area contributed by atoms with E-state index in [0.29, 0.717) is 18.7 Å². The number of nitrogens with one attached hydrogen (secondary N) is 2. The molecule has 2 N–H and O–H groups in total. The number of hydrogen-bond acceptors (Lipinski definition) is 2. The zero-order valence-electron chi connectivity index (χ0n) is 9.43. The van der Waals surface area contributed by atoms with Crippen LogP contribution in [0.3, 0.4) is 0 Å². The van der Waals surface area contributed by atoms with Gasteiger partial charge in [0.15, 0.2) is 0 Å². The summed E-state index contributed by atoms with van der Waals surface area (Å²) >= 11 is 3.33. The Hall–Kier alpha value is -1.20. The third-order valence-electron chi connectivity index (χ3n) is 2.55. The fourth-order valence-corrected chi connectivity index (χ4v) is 1.97. The zero-order chi connectivity index (χ0) is 12.3. The summed E-state index contributed by atoms with van der Waals surface area (Å²) in [6.07, 6.45) is 1.66. The maximum atomic E-state index is 13.4. The summed E-state index contributed by atoms with van der Waals surface area (Å²) in [5.41, 5.74) is 2.64. The van der Waals surface area contributed by atoms with Crippen LogP contribution in [0.1, 0.15) is 17.0 Å². The lowest BCUT2D eigenvalue weighted by atomic mass is 10.2. The van der Waals surface area contributed by atoms with Gasteiger partial charge in [-0.1, -0.05) is 15.9 Å². The first-order chi connectivity index (χ1) is 8.16. The molecule has 1 heterocycles. The van der Waals surface area contributed by atoms with Gasteiger partial charge in [-0.2, -0.15) is 0 Å². The fraction of sp³-hybridized carbons (Fsp3) is 0.250. The number of nitrogens with zero attached hydrogens (tertiary/aromatic N) is 1. The van der Waals surface area contributed by atoms with Gasteiger partial charge in [0.05, 0.1) is 12.0 Å². The van der Waals surface area contributed by atoms with Crippen molar-refractivity contribution in [2.45, 2.75) is 20.0 Å². The number of halogens is 2. The molecule has 90 valence electrons. The average Bonchev–Trinajstić information content (AvgIpc) is 2.70. The highest BCUT2D eigenvalue weighted by Gasteiger charge is 2.04. The van der Waals surface area contributed by atoms with Crippen molar-refractivity contribution in [3.05, 3.63) is 51.8 Å². The number of hydrogen-bond donors (Lipinski definition) is 2. The van der Waals surface area contributed by atoms with Crippen molar-refractivity contribution in [3.63, 3.8) is 0 Å². The molecule has 1 aromatic carbocycles. The number of rotatable bonds is 4. The molecule has 0 atom stereocenters. The van der Waals surface area contributed by atoms with Gasteiger partial charge in [-0.05, 0) is 25.1 Å². The Morgan fingerprint density at radius 1 is 1.41 bits per heavy atom. The molecular formula is C12H13BrFN3. The summed E-state index contributed by atoms with van der Waals surface area (Å²) in [6.45, 7) is 3.07. The summed E-state index contributed by atoms with van der Waals surface area (Å²) in [4.78, 5) is 7.17. The van der Waals surface area contributed by atoms with Gasteiger partial charge in [0.1, 0.15) is 5.82 Å². The third-order valence-corrected chi connectivity index (χ3v) is 3.04. The Bertz CT molecular complexity index is 510. The summed E-state index contributed by atoms with van der Waals surface area (Å²) in [6, 6.07) is 4.93. The normalized spacial score (nSPS) is 10.8. The van der Waals surface area contributed by atoms with Crippen molar-refractivity contribution in [2.24, 2.45) is 0 Å². The molecule has 2 rings (SSSR count). The second-order valence-electron chi connectivity index (χ2n) is 3.81. The molecule has 0 aliphatic rings. The van der Waals surface area contributed by atoms with Crippen molar-refractivity contribution < 1.29 is 4.39 Å². The highest BCUT2D eigenvalue weighted by atomic mass is 79.9. The monoisotopic (exact) mass is 297 g/mol. The molecule has 17 heavy (non-hydrogen) atoms. The molecule has 0 amide bonds. The lowest BCUT2D eigenvalue weighted by Crippen LogP contribution is -2.14. The molecule has 5 heteroatoms. The van der Waals surface area contributed by atoms with E-state index in [-0.39, 0.29) is 5.82 Å². The molecule has 0 saturated heterocycles. The largest absolute Gasteiger partial charge is 0.348 e. The predicted octanol–water partition coefficient (Wildman–Crippen LogP) is 2.91. The van der Waals surface area contributed by atoms with E-state index in [1.54, 1.807) is 18.5 Å². The van der Waals surface area contributed by atoms with Gasteiger partial charge < -0.3 is 10.3 Å². The average molecular weight is 298 g/mol. The number of benzene rings is 1. The van der Waals surface area contributed by atoms with E-state index < -0.39 is 0 Å². The predicted molar refractivity (Wildman–Crippen MR) is 68.0 cm³/mol. The Labute approximate surface area is 108 Å². The first-order valence-corrected chi connectivity index (χ1v) is 6.09. The topological polar surface area (TPSA) is 40.7 Å². The van der Waals surface area contributed by atoms with E-state index >= 15 is 0 Å². The van der Waals surface area contributed by atoms with E-state index in [2.05, 4.69) is 31.2 Å². The van der Waals surface area contributed by atoms with Gasteiger partial charge in [-0.3, -0.25) is 0 Å². The van der Waals surface area contributed by atoms with Crippen LogP contribution in [-0.4, -0.2) is 9.97 Å². The van der Waals surface area contributed by atoms with Gasteiger partial charge in [0.25, 0.3) is 0 Å². The summed E-state index contributed by atoms with van der Waals surface area (Å²) in [5, 5.41) is 3.17.